The van der Waals surface area contributed by atoms with Crippen LogP contribution in [0.5, 0.6) is 0 Å². The van der Waals surface area contributed by atoms with Crippen LogP contribution in [0.25, 0.3) is 0 Å². The molecular formula is C23H26ClN3O3. The molecule has 4 rings (SSSR count). The third kappa shape index (κ3) is 4.25. The summed E-state index contributed by atoms with van der Waals surface area (Å²) in [5.74, 6) is -0.121. The number of nitrogens with one attached hydrogen (secondary N) is 1. The van der Waals surface area contributed by atoms with Crippen LogP contribution in [0.2, 0.25) is 0 Å². The van der Waals surface area contributed by atoms with E-state index in [4.69, 9.17) is 0 Å². The number of hydrogen-bond acceptors (Lipinski definition) is 4. The Bertz CT molecular complexity index is 940. The minimum atomic E-state index is -0.337. The molecule has 1 saturated heterocycles. The van der Waals surface area contributed by atoms with Crippen molar-refractivity contribution in [2.75, 3.05) is 26.7 Å². The predicted octanol–water partition coefficient (Wildman–Crippen LogP) is 2.98. The fraction of sp³-hybridized carbons (Fsp3) is 0.348. The second-order valence-electron chi connectivity index (χ2n) is 7.74. The Balaban J connectivity index is 0.00000256. The summed E-state index contributed by atoms with van der Waals surface area (Å²) in [4.78, 5) is 41.6. The maximum absolute atomic E-state index is 12.9. The van der Waals surface area contributed by atoms with Crippen LogP contribution in [-0.2, 0) is 6.54 Å². The number of fused-ring (bicyclic) bond motifs is 1. The molecule has 0 radical (unpaired) electrons. The predicted molar refractivity (Wildman–Crippen MR) is 117 cm³/mol. The number of carbonyl (C=O) groups is 3. The normalized spacial score (nSPS) is 16.4. The summed E-state index contributed by atoms with van der Waals surface area (Å²) in [6, 6.07) is 14.3. The standard InChI is InChI=1S/C23H25N3O3.ClH/c1-24-14-16-9-11-25(12-10-16)21(27)18-7-8-19-20(13-18)23(29)26(22(19)28)15-17-5-3-2-4-6-17;/h2-8,13,16,24H,9-12,14-15H2,1H3;1H. The lowest BCUT2D eigenvalue weighted by Crippen LogP contribution is -2.40. The van der Waals surface area contributed by atoms with Gasteiger partial charge in [-0.3, -0.25) is 19.3 Å². The Kier molecular flexibility index (Phi) is 6.90. The van der Waals surface area contributed by atoms with E-state index in [0.717, 1.165) is 38.0 Å². The van der Waals surface area contributed by atoms with Gasteiger partial charge in [-0.2, -0.15) is 0 Å². The molecule has 6 nitrogen and oxygen atoms in total. The molecule has 30 heavy (non-hydrogen) atoms. The van der Waals surface area contributed by atoms with Crippen LogP contribution < -0.4 is 5.32 Å². The van der Waals surface area contributed by atoms with Gasteiger partial charge in [-0.25, -0.2) is 0 Å². The van der Waals surface area contributed by atoms with E-state index in [1.54, 1.807) is 18.2 Å². The van der Waals surface area contributed by atoms with Gasteiger partial charge >= 0.3 is 0 Å². The van der Waals surface area contributed by atoms with Crippen molar-refractivity contribution in [3.05, 3.63) is 70.8 Å². The van der Waals surface area contributed by atoms with Crippen molar-refractivity contribution in [1.82, 2.24) is 15.1 Å². The summed E-state index contributed by atoms with van der Waals surface area (Å²) >= 11 is 0. The number of benzene rings is 2. The van der Waals surface area contributed by atoms with Crippen molar-refractivity contribution in [3.63, 3.8) is 0 Å². The Morgan fingerprint density at radius 2 is 1.67 bits per heavy atom. The Morgan fingerprint density at radius 1 is 1.00 bits per heavy atom. The molecule has 2 aliphatic heterocycles. The maximum Gasteiger partial charge on any atom is 0.261 e. The zero-order chi connectivity index (χ0) is 20.4. The number of amides is 3. The van der Waals surface area contributed by atoms with E-state index in [1.165, 1.54) is 4.90 Å². The molecule has 0 atom stereocenters. The first kappa shape index (κ1) is 22.0. The minimum absolute atomic E-state index is 0. The molecule has 158 valence electrons. The van der Waals surface area contributed by atoms with Crippen LogP contribution in [0.15, 0.2) is 48.5 Å². The van der Waals surface area contributed by atoms with Crippen LogP contribution in [0, 0.1) is 5.92 Å². The molecule has 0 bridgehead atoms. The van der Waals surface area contributed by atoms with E-state index in [0.29, 0.717) is 22.6 Å². The fourth-order valence-corrected chi connectivity index (χ4v) is 4.14. The van der Waals surface area contributed by atoms with Crippen LogP contribution in [-0.4, -0.2) is 54.2 Å². The van der Waals surface area contributed by atoms with Gasteiger partial charge in [0, 0.05) is 18.7 Å². The van der Waals surface area contributed by atoms with Crippen LogP contribution in [0.3, 0.4) is 0 Å². The third-order valence-electron chi connectivity index (χ3n) is 5.80. The summed E-state index contributed by atoms with van der Waals surface area (Å²) < 4.78 is 0. The summed E-state index contributed by atoms with van der Waals surface area (Å²) in [7, 11) is 1.95. The molecule has 0 saturated carbocycles. The van der Waals surface area contributed by atoms with Gasteiger partial charge < -0.3 is 10.2 Å². The van der Waals surface area contributed by atoms with Gasteiger partial charge in [-0.05, 0) is 56.1 Å². The number of rotatable bonds is 5. The molecule has 0 aromatic heterocycles. The molecule has 2 aliphatic rings. The zero-order valence-corrected chi connectivity index (χ0v) is 17.8. The van der Waals surface area contributed by atoms with Crippen LogP contribution >= 0.6 is 12.4 Å². The van der Waals surface area contributed by atoms with Crippen LogP contribution in [0.4, 0.5) is 0 Å². The van der Waals surface area contributed by atoms with E-state index in [-0.39, 0.29) is 36.7 Å². The molecule has 2 aromatic rings. The van der Waals surface area contributed by atoms with Gasteiger partial charge in [0.15, 0.2) is 0 Å². The van der Waals surface area contributed by atoms with Gasteiger partial charge in [-0.15, -0.1) is 12.4 Å². The van der Waals surface area contributed by atoms with Gasteiger partial charge in [0.1, 0.15) is 0 Å². The van der Waals surface area contributed by atoms with E-state index in [1.807, 2.05) is 42.3 Å². The van der Waals surface area contributed by atoms with Crippen molar-refractivity contribution in [2.24, 2.45) is 5.92 Å². The number of piperidine rings is 1. The lowest BCUT2D eigenvalue weighted by atomic mass is 9.96. The molecule has 3 amide bonds. The molecule has 2 aromatic carbocycles. The third-order valence-corrected chi connectivity index (χ3v) is 5.80. The number of nitrogens with zero attached hydrogens (tertiary/aromatic N) is 2. The minimum Gasteiger partial charge on any atom is -0.339 e. The highest BCUT2D eigenvalue weighted by Crippen LogP contribution is 2.27. The summed E-state index contributed by atoms with van der Waals surface area (Å²) in [6.07, 6.45) is 1.94. The number of carbonyl (C=O) groups excluding carboxylic acids is 3. The highest BCUT2D eigenvalue weighted by Gasteiger charge is 2.36. The average molecular weight is 428 g/mol. The van der Waals surface area contributed by atoms with Gasteiger partial charge in [0.05, 0.1) is 17.7 Å². The van der Waals surface area contributed by atoms with E-state index in [9.17, 15) is 14.4 Å². The van der Waals surface area contributed by atoms with Crippen LogP contribution in [0.1, 0.15) is 49.5 Å². The van der Waals surface area contributed by atoms with Gasteiger partial charge in [-0.1, -0.05) is 30.3 Å². The second-order valence-corrected chi connectivity index (χ2v) is 7.74. The van der Waals surface area contributed by atoms with Crippen molar-refractivity contribution in [2.45, 2.75) is 19.4 Å². The lowest BCUT2D eigenvalue weighted by Gasteiger charge is -2.32. The Labute approximate surface area is 182 Å². The lowest BCUT2D eigenvalue weighted by molar-refractivity contribution is 0.0641. The first-order valence-electron chi connectivity index (χ1n) is 10.1. The fourth-order valence-electron chi connectivity index (χ4n) is 4.14. The summed E-state index contributed by atoms with van der Waals surface area (Å²) in [5.41, 5.74) is 2.05. The summed E-state index contributed by atoms with van der Waals surface area (Å²) in [6.45, 7) is 2.63. The van der Waals surface area contributed by atoms with E-state index >= 15 is 0 Å². The highest BCUT2D eigenvalue weighted by molar-refractivity contribution is 6.22. The van der Waals surface area contributed by atoms with Crippen molar-refractivity contribution < 1.29 is 14.4 Å². The number of likely N-dealkylation sites (tertiary alicyclic amines) is 1. The van der Waals surface area contributed by atoms with Crippen molar-refractivity contribution >= 4 is 30.1 Å². The monoisotopic (exact) mass is 427 g/mol. The molecule has 7 heteroatoms. The quantitative estimate of drug-likeness (QED) is 0.745. The van der Waals surface area contributed by atoms with Crippen molar-refractivity contribution in [3.8, 4) is 0 Å². The van der Waals surface area contributed by atoms with E-state index < -0.39 is 0 Å². The average Bonchev–Trinajstić information content (AvgIpc) is 2.99. The molecule has 0 aliphatic carbocycles. The van der Waals surface area contributed by atoms with E-state index in [2.05, 4.69) is 5.32 Å². The topological polar surface area (TPSA) is 69.7 Å². The number of imide groups is 1. The van der Waals surface area contributed by atoms with Gasteiger partial charge in [0.25, 0.3) is 17.7 Å². The number of hydrogen-bond donors (Lipinski definition) is 1. The molecule has 1 N–H and O–H groups in total. The first-order valence-corrected chi connectivity index (χ1v) is 10.1. The molecule has 0 spiro atoms. The van der Waals surface area contributed by atoms with Gasteiger partial charge in [0.2, 0.25) is 0 Å². The smallest absolute Gasteiger partial charge is 0.261 e. The second kappa shape index (κ2) is 9.41. The summed E-state index contributed by atoms with van der Waals surface area (Å²) in [5, 5.41) is 3.19. The molecular weight excluding hydrogens is 402 g/mol. The molecule has 0 unspecified atom stereocenters. The molecule has 2 heterocycles. The highest BCUT2D eigenvalue weighted by atomic mass is 35.5. The first-order chi connectivity index (χ1) is 14.1. The Hall–Kier alpha value is -2.70. The number of halogens is 1. The SMILES string of the molecule is CNCC1CCN(C(=O)c2ccc3c(c2)C(=O)N(Cc2ccccc2)C3=O)CC1.Cl. The maximum atomic E-state index is 12.9. The Morgan fingerprint density at radius 3 is 2.33 bits per heavy atom. The van der Waals surface area contributed by atoms with Crippen molar-refractivity contribution in [1.29, 1.82) is 0 Å². The largest absolute Gasteiger partial charge is 0.339 e. The zero-order valence-electron chi connectivity index (χ0n) is 17.0. The molecule has 1 fully saturated rings.